The second-order valence-corrected chi connectivity index (χ2v) is 3.49. The molecule has 1 aromatic heterocycles. The number of nitrogens with zero attached hydrogens (tertiary/aromatic N) is 2. The maximum Gasteiger partial charge on any atom is 0.133 e. The van der Waals surface area contributed by atoms with Crippen molar-refractivity contribution >= 4 is 11.9 Å². The van der Waals surface area contributed by atoms with E-state index in [4.69, 9.17) is 5.14 Å². The molecule has 0 spiro atoms. The molecular formula is C7H11N3S. The monoisotopic (exact) mass is 169 g/mol. The van der Waals surface area contributed by atoms with Crippen LogP contribution < -0.4 is 5.14 Å². The number of hydrogen-bond donors (Lipinski definition) is 1. The van der Waals surface area contributed by atoms with Gasteiger partial charge in [-0.05, 0) is 37.3 Å². The van der Waals surface area contributed by atoms with Gasteiger partial charge >= 0.3 is 0 Å². The lowest BCUT2D eigenvalue weighted by Gasteiger charge is -2.25. The van der Waals surface area contributed by atoms with Crippen molar-refractivity contribution in [2.45, 2.75) is 30.3 Å². The Morgan fingerprint density at radius 2 is 2.45 bits per heavy atom. The molecule has 0 unspecified atom stereocenters. The van der Waals surface area contributed by atoms with Crippen LogP contribution in [0.5, 0.6) is 0 Å². The summed E-state index contributed by atoms with van der Waals surface area (Å²) in [4.78, 5) is 0. The quantitative estimate of drug-likeness (QED) is 0.683. The molecule has 1 saturated carbocycles. The van der Waals surface area contributed by atoms with E-state index in [0.29, 0.717) is 6.04 Å². The largest absolute Gasteiger partial charge is 0.272 e. The molecule has 0 amide bonds. The highest BCUT2D eigenvalue weighted by Gasteiger charge is 2.19. The smallest absolute Gasteiger partial charge is 0.133 e. The minimum Gasteiger partial charge on any atom is -0.272 e. The van der Waals surface area contributed by atoms with Crippen LogP contribution in [0.2, 0.25) is 0 Å². The van der Waals surface area contributed by atoms with Gasteiger partial charge in [-0.15, -0.1) is 0 Å². The van der Waals surface area contributed by atoms with Crippen molar-refractivity contribution in [3.8, 4) is 0 Å². The Balaban J connectivity index is 2.11. The van der Waals surface area contributed by atoms with Gasteiger partial charge in [-0.3, -0.25) is 9.82 Å². The molecule has 0 radical (unpaired) electrons. The van der Waals surface area contributed by atoms with Crippen LogP contribution in [0, 0.1) is 0 Å². The van der Waals surface area contributed by atoms with E-state index in [1.807, 2.05) is 16.9 Å². The Bertz CT molecular complexity index is 242. The van der Waals surface area contributed by atoms with E-state index in [0.717, 1.165) is 5.03 Å². The number of hydrogen-bond acceptors (Lipinski definition) is 3. The molecule has 2 rings (SSSR count). The summed E-state index contributed by atoms with van der Waals surface area (Å²) in [6, 6.07) is 2.61. The summed E-state index contributed by atoms with van der Waals surface area (Å²) in [5, 5.41) is 10.6. The molecule has 1 fully saturated rings. The second kappa shape index (κ2) is 2.87. The zero-order valence-electron chi connectivity index (χ0n) is 6.23. The predicted octanol–water partition coefficient (Wildman–Crippen LogP) is 1.57. The number of nitrogens with two attached hydrogens (primary N) is 1. The van der Waals surface area contributed by atoms with E-state index in [-0.39, 0.29) is 0 Å². The highest BCUT2D eigenvalue weighted by atomic mass is 32.2. The van der Waals surface area contributed by atoms with Crippen molar-refractivity contribution in [2.24, 2.45) is 5.14 Å². The van der Waals surface area contributed by atoms with Gasteiger partial charge in [-0.25, -0.2) is 0 Å². The Hall–Kier alpha value is -0.480. The maximum absolute atomic E-state index is 5.36. The molecule has 1 aliphatic carbocycles. The average molecular weight is 169 g/mol. The molecule has 60 valence electrons. The molecule has 0 aliphatic heterocycles. The van der Waals surface area contributed by atoms with Crippen molar-refractivity contribution in [2.75, 3.05) is 0 Å². The third-order valence-electron chi connectivity index (χ3n) is 2.15. The van der Waals surface area contributed by atoms with Crippen LogP contribution in [0.3, 0.4) is 0 Å². The zero-order chi connectivity index (χ0) is 7.68. The van der Waals surface area contributed by atoms with Crippen molar-refractivity contribution in [1.82, 2.24) is 9.78 Å². The summed E-state index contributed by atoms with van der Waals surface area (Å²) >= 11 is 1.21. The lowest BCUT2D eigenvalue weighted by atomic mass is 9.93. The van der Waals surface area contributed by atoms with Crippen LogP contribution in [-0.2, 0) is 0 Å². The second-order valence-electron chi connectivity index (χ2n) is 2.84. The molecule has 1 aliphatic rings. The molecule has 1 aromatic rings. The molecule has 4 heteroatoms. The lowest BCUT2D eigenvalue weighted by molar-refractivity contribution is 0.286. The first-order valence-corrected chi connectivity index (χ1v) is 4.70. The van der Waals surface area contributed by atoms with Crippen LogP contribution in [0.15, 0.2) is 17.3 Å². The summed E-state index contributed by atoms with van der Waals surface area (Å²) in [5.41, 5.74) is 0. The summed E-state index contributed by atoms with van der Waals surface area (Å²) in [5.74, 6) is 0. The maximum atomic E-state index is 5.36. The van der Waals surface area contributed by atoms with E-state index >= 15 is 0 Å². The Morgan fingerprint density at radius 1 is 1.64 bits per heavy atom. The predicted molar refractivity (Wildman–Crippen MR) is 45.2 cm³/mol. The molecule has 3 nitrogen and oxygen atoms in total. The molecule has 0 aromatic carbocycles. The van der Waals surface area contributed by atoms with Crippen LogP contribution >= 0.6 is 11.9 Å². The lowest BCUT2D eigenvalue weighted by Crippen LogP contribution is -2.17. The zero-order valence-corrected chi connectivity index (χ0v) is 7.05. The van der Waals surface area contributed by atoms with Crippen molar-refractivity contribution in [3.05, 3.63) is 12.3 Å². The van der Waals surface area contributed by atoms with Gasteiger partial charge in [0.15, 0.2) is 0 Å². The fourth-order valence-electron chi connectivity index (χ4n) is 1.24. The van der Waals surface area contributed by atoms with Crippen molar-refractivity contribution in [1.29, 1.82) is 0 Å². The standard InChI is InChI=1S/C7H11N3S/c8-11-7-4-5-10(9-7)6-2-1-3-6/h4-6H,1-3,8H2. The van der Waals surface area contributed by atoms with Gasteiger partial charge in [0.05, 0.1) is 6.04 Å². The molecule has 1 heterocycles. The van der Waals surface area contributed by atoms with Crippen molar-refractivity contribution < 1.29 is 0 Å². The van der Waals surface area contributed by atoms with E-state index in [9.17, 15) is 0 Å². The summed E-state index contributed by atoms with van der Waals surface area (Å²) < 4.78 is 2.03. The molecule has 0 atom stereocenters. The first-order chi connectivity index (χ1) is 5.40. The minimum absolute atomic E-state index is 0.649. The van der Waals surface area contributed by atoms with E-state index in [1.165, 1.54) is 31.2 Å². The number of aromatic nitrogens is 2. The molecular weight excluding hydrogens is 158 g/mol. The third-order valence-corrected chi connectivity index (χ3v) is 2.61. The van der Waals surface area contributed by atoms with Gasteiger partial charge in [-0.1, -0.05) is 0 Å². The van der Waals surface area contributed by atoms with Crippen LogP contribution in [0.4, 0.5) is 0 Å². The highest BCUT2D eigenvalue weighted by Crippen LogP contribution is 2.31. The van der Waals surface area contributed by atoms with Crippen LogP contribution in [-0.4, -0.2) is 9.78 Å². The molecule has 2 N–H and O–H groups in total. The SMILES string of the molecule is NSc1ccn(C2CCC2)n1. The summed E-state index contributed by atoms with van der Waals surface area (Å²) in [6.07, 6.45) is 5.90. The first kappa shape index (κ1) is 7.18. The van der Waals surface area contributed by atoms with E-state index in [2.05, 4.69) is 5.10 Å². The van der Waals surface area contributed by atoms with Gasteiger partial charge in [0.1, 0.15) is 5.03 Å². The number of rotatable bonds is 2. The van der Waals surface area contributed by atoms with Gasteiger partial charge < -0.3 is 0 Å². The fraction of sp³-hybridized carbons (Fsp3) is 0.571. The Labute approximate surface area is 70.1 Å². The van der Waals surface area contributed by atoms with Gasteiger partial charge in [0.2, 0.25) is 0 Å². The normalized spacial score (nSPS) is 18.3. The van der Waals surface area contributed by atoms with Crippen LogP contribution in [0.1, 0.15) is 25.3 Å². The van der Waals surface area contributed by atoms with E-state index in [1.54, 1.807) is 0 Å². The van der Waals surface area contributed by atoms with Gasteiger partial charge in [0, 0.05) is 6.20 Å². The summed E-state index contributed by atoms with van der Waals surface area (Å²) in [6.45, 7) is 0. The topological polar surface area (TPSA) is 43.8 Å². The minimum atomic E-state index is 0.649. The average Bonchev–Trinajstić information content (AvgIpc) is 2.32. The third kappa shape index (κ3) is 1.28. The highest BCUT2D eigenvalue weighted by molar-refractivity contribution is 7.97. The van der Waals surface area contributed by atoms with E-state index < -0.39 is 0 Å². The molecule has 0 bridgehead atoms. The van der Waals surface area contributed by atoms with Gasteiger partial charge in [-0.2, -0.15) is 5.10 Å². The Morgan fingerprint density at radius 3 is 2.91 bits per heavy atom. The molecule has 11 heavy (non-hydrogen) atoms. The van der Waals surface area contributed by atoms with Gasteiger partial charge in [0.25, 0.3) is 0 Å². The van der Waals surface area contributed by atoms with Crippen molar-refractivity contribution in [3.63, 3.8) is 0 Å². The Kier molecular flexibility index (Phi) is 1.87. The first-order valence-electron chi connectivity index (χ1n) is 3.82. The summed E-state index contributed by atoms with van der Waals surface area (Å²) in [7, 11) is 0. The fourth-order valence-corrected chi connectivity index (χ4v) is 1.52. The molecule has 0 saturated heterocycles. The van der Waals surface area contributed by atoms with Crippen LogP contribution in [0.25, 0.3) is 0 Å².